The van der Waals surface area contributed by atoms with Crippen molar-refractivity contribution in [3.05, 3.63) is 35.6 Å². The van der Waals surface area contributed by atoms with Gasteiger partial charge >= 0.3 is 0 Å². The number of hydrogen-bond donors (Lipinski definition) is 1. The molecule has 3 nitrogen and oxygen atoms in total. The Labute approximate surface area is 132 Å². The number of benzene rings is 1. The highest BCUT2D eigenvalue weighted by atomic mass is 35.5. The first kappa shape index (κ1) is 17.9. The predicted molar refractivity (Wildman–Crippen MR) is 84.9 cm³/mol. The van der Waals surface area contributed by atoms with Crippen molar-refractivity contribution >= 4 is 18.3 Å². The number of rotatable bonds is 4. The Morgan fingerprint density at radius 1 is 1.43 bits per heavy atom. The van der Waals surface area contributed by atoms with Gasteiger partial charge in [0.25, 0.3) is 0 Å². The Bertz CT molecular complexity index is 461. The largest absolute Gasteiger partial charge is 0.342 e. The highest BCUT2D eigenvalue weighted by Gasteiger charge is 2.25. The second-order valence-electron chi connectivity index (χ2n) is 5.74. The minimum atomic E-state index is -0.174. The second-order valence-corrected chi connectivity index (χ2v) is 5.74. The van der Waals surface area contributed by atoms with Crippen LogP contribution in [0.5, 0.6) is 0 Å². The lowest BCUT2D eigenvalue weighted by molar-refractivity contribution is -0.136. The molecule has 1 unspecified atom stereocenters. The first-order chi connectivity index (χ1) is 9.60. The molecular weight excluding hydrogens is 291 g/mol. The van der Waals surface area contributed by atoms with Crippen LogP contribution in [-0.4, -0.2) is 30.4 Å². The highest BCUT2D eigenvalue weighted by molar-refractivity contribution is 5.85. The lowest BCUT2D eigenvalue weighted by Crippen LogP contribution is -2.43. The number of likely N-dealkylation sites (tertiary alicyclic amines) is 1. The normalized spacial score (nSPS) is 17.2. The summed E-state index contributed by atoms with van der Waals surface area (Å²) in [5.74, 6) is 0.437. The number of amides is 1. The molecule has 0 spiro atoms. The van der Waals surface area contributed by atoms with Crippen molar-refractivity contribution < 1.29 is 9.18 Å². The van der Waals surface area contributed by atoms with Gasteiger partial charge in [-0.05, 0) is 42.9 Å². The maximum atomic E-state index is 13.2. The zero-order chi connectivity index (χ0) is 14.5. The summed E-state index contributed by atoms with van der Waals surface area (Å²) in [7, 11) is 0. The van der Waals surface area contributed by atoms with E-state index in [2.05, 4.69) is 0 Å². The highest BCUT2D eigenvalue weighted by Crippen LogP contribution is 2.23. The molecule has 5 heteroatoms. The van der Waals surface area contributed by atoms with E-state index in [1.54, 1.807) is 12.1 Å². The van der Waals surface area contributed by atoms with E-state index < -0.39 is 0 Å². The molecule has 0 radical (unpaired) electrons. The summed E-state index contributed by atoms with van der Waals surface area (Å²) >= 11 is 0. The quantitative estimate of drug-likeness (QED) is 0.928. The molecule has 1 heterocycles. The van der Waals surface area contributed by atoms with E-state index in [0.717, 1.165) is 37.9 Å². The summed E-state index contributed by atoms with van der Waals surface area (Å²) in [6.07, 6.45) is 2.87. The molecule has 0 aromatic heterocycles. The van der Waals surface area contributed by atoms with Crippen molar-refractivity contribution in [1.82, 2.24) is 4.90 Å². The lowest BCUT2D eigenvalue weighted by Gasteiger charge is -2.33. The van der Waals surface area contributed by atoms with Crippen LogP contribution in [0.2, 0.25) is 0 Å². The Kier molecular flexibility index (Phi) is 7.12. The van der Waals surface area contributed by atoms with Crippen LogP contribution < -0.4 is 5.73 Å². The number of carbonyl (C=O) groups excluding carboxylic acids is 1. The number of nitrogens with zero attached hydrogens (tertiary/aromatic N) is 1. The summed E-state index contributed by atoms with van der Waals surface area (Å²) in [6, 6.07) is 6.80. The van der Waals surface area contributed by atoms with Crippen LogP contribution in [0.3, 0.4) is 0 Å². The van der Waals surface area contributed by atoms with E-state index in [4.69, 9.17) is 5.73 Å². The van der Waals surface area contributed by atoms with E-state index >= 15 is 0 Å². The first-order valence-corrected chi connectivity index (χ1v) is 7.33. The monoisotopic (exact) mass is 314 g/mol. The summed E-state index contributed by atoms with van der Waals surface area (Å²) in [5.41, 5.74) is 6.59. The third kappa shape index (κ3) is 4.97. The number of piperidine rings is 1. The van der Waals surface area contributed by atoms with Gasteiger partial charge in [-0.25, -0.2) is 4.39 Å². The molecular formula is C16H24ClFN2O. The van der Waals surface area contributed by atoms with Gasteiger partial charge in [0.05, 0.1) is 0 Å². The van der Waals surface area contributed by atoms with Crippen LogP contribution in [-0.2, 0) is 11.2 Å². The third-order valence-electron chi connectivity index (χ3n) is 4.11. The zero-order valence-corrected chi connectivity index (χ0v) is 13.2. The number of hydrogen-bond acceptors (Lipinski definition) is 2. The summed E-state index contributed by atoms with van der Waals surface area (Å²) in [4.78, 5) is 14.0. The van der Waals surface area contributed by atoms with Crippen molar-refractivity contribution in [2.24, 2.45) is 17.6 Å². The van der Waals surface area contributed by atoms with Gasteiger partial charge in [0, 0.05) is 25.6 Å². The lowest BCUT2D eigenvalue weighted by atomic mass is 9.89. The van der Waals surface area contributed by atoms with E-state index in [1.165, 1.54) is 6.07 Å². The van der Waals surface area contributed by atoms with Gasteiger partial charge in [-0.15, -0.1) is 12.4 Å². The minimum Gasteiger partial charge on any atom is -0.342 e. The molecule has 1 atom stereocenters. The van der Waals surface area contributed by atoms with Gasteiger partial charge in [0.15, 0.2) is 0 Å². The van der Waals surface area contributed by atoms with Crippen molar-refractivity contribution in [2.75, 3.05) is 19.6 Å². The Balaban J connectivity index is 0.00000220. The number of nitrogens with two attached hydrogens (primary N) is 1. The molecule has 0 saturated carbocycles. The Hall–Kier alpha value is -1.13. The summed E-state index contributed by atoms with van der Waals surface area (Å²) < 4.78 is 13.2. The SMILES string of the molecule is CC(CN)C(=O)N1CCC(Cc2cccc(F)c2)CC1.Cl. The fraction of sp³-hybridized carbons (Fsp3) is 0.562. The molecule has 1 saturated heterocycles. The van der Waals surface area contributed by atoms with Crippen LogP contribution in [0, 0.1) is 17.7 Å². The molecule has 1 fully saturated rings. The average molecular weight is 315 g/mol. The Morgan fingerprint density at radius 2 is 2.10 bits per heavy atom. The van der Waals surface area contributed by atoms with Gasteiger partial charge in [0.1, 0.15) is 5.82 Å². The van der Waals surface area contributed by atoms with E-state index in [9.17, 15) is 9.18 Å². The molecule has 2 rings (SSSR count). The van der Waals surface area contributed by atoms with E-state index in [-0.39, 0.29) is 30.0 Å². The van der Waals surface area contributed by atoms with Crippen molar-refractivity contribution in [3.8, 4) is 0 Å². The molecule has 1 aromatic rings. The zero-order valence-electron chi connectivity index (χ0n) is 12.4. The van der Waals surface area contributed by atoms with Gasteiger partial charge < -0.3 is 10.6 Å². The maximum Gasteiger partial charge on any atom is 0.226 e. The molecule has 21 heavy (non-hydrogen) atoms. The van der Waals surface area contributed by atoms with E-state index in [0.29, 0.717) is 12.5 Å². The standard InChI is InChI=1S/C16H23FN2O.ClH/c1-12(11-18)16(20)19-7-5-13(6-8-19)9-14-3-2-4-15(17)10-14;/h2-4,10,12-13H,5-9,11,18H2,1H3;1H. The van der Waals surface area contributed by atoms with Crippen LogP contribution in [0.15, 0.2) is 24.3 Å². The topological polar surface area (TPSA) is 46.3 Å². The molecule has 1 aliphatic rings. The van der Waals surface area contributed by atoms with Gasteiger partial charge in [-0.2, -0.15) is 0 Å². The first-order valence-electron chi connectivity index (χ1n) is 7.33. The minimum absolute atomic E-state index is 0. The fourth-order valence-electron chi connectivity index (χ4n) is 2.77. The molecule has 0 bridgehead atoms. The average Bonchev–Trinajstić information content (AvgIpc) is 2.46. The molecule has 1 aliphatic heterocycles. The summed E-state index contributed by atoms with van der Waals surface area (Å²) in [6.45, 7) is 3.87. The van der Waals surface area contributed by atoms with Crippen LogP contribution in [0.1, 0.15) is 25.3 Å². The van der Waals surface area contributed by atoms with Crippen LogP contribution in [0.25, 0.3) is 0 Å². The predicted octanol–water partition coefficient (Wildman–Crippen LogP) is 2.62. The molecule has 118 valence electrons. The van der Waals surface area contributed by atoms with Crippen molar-refractivity contribution in [1.29, 1.82) is 0 Å². The van der Waals surface area contributed by atoms with Gasteiger partial charge in [-0.1, -0.05) is 19.1 Å². The Morgan fingerprint density at radius 3 is 2.67 bits per heavy atom. The van der Waals surface area contributed by atoms with E-state index in [1.807, 2.05) is 17.9 Å². The fourth-order valence-corrected chi connectivity index (χ4v) is 2.77. The summed E-state index contributed by atoms with van der Waals surface area (Å²) in [5, 5.41) is 0. The smallest absolute Gasteiger partial charge is 0.226 e. The van der Waals surface area contributed by atoms with Gasteiger partial charge in [0.2, 0.25) is 5.91 Å². The van der Waals surface area contributed by atoms with Crippen LogP contribution in [0.4, 0.5) is 4.39 Å². The van der Waals surface area contributed by atoms with Crippen molar-refractivity contribution in [3.63, 3.8) is 0 Å². The van der Waals surface area contributed by atoms with Crippen molar-refractivity contribution in [2.45, 2.75) is 26.2 Å². The third-order valence-corrected chi connectivity index (χ3v) is 4.11. The molecule has 1 aromatic carbocycles. The van der Waals surface area contributed by atoms with Gasteiger partial charge in [-0.3, -0.25) is 4.79 Å². The number of halogens is 2. The second kappa shape index (κ2) is 8.35. The molecule has 2 N–H and O–H groups in total. The van der Waals surface area contributed by atoms with Crippen LogP contribution >= 0.6 is 12.4 Å². The molecule has 0 aliphatic carbocycles. The maximum absolute atomic E-state index is 13.2. The molecule has 1 amide bonds. The number of carbonyl (C=O) groups is 1.